The van der Waals surface area contributed by atoms with Gasteiger partial charge in [0.1, 0.15) is 0 Å². The second kappa shape index (κ2) is 7.59. The summed E-state index contributed by atoms with van der Waals surface area (Å²) in [4.78, 5) is 26.6. The van der Waals surface area contributed by atoms with Gasteiger partial charge in [0.25, 0.3) is 5.91 Å². The zero-order chi connectivity index (χ0) is 18.7. The molecule has 1 aliphatic rings. The maximum absolute atomic E-state index is 12.7. The molecule has 6 nitrogen and oxygen atoms in total. The molecule has 26 heavy (non-hydrogen) atoms. The molecule has 2 aromatic rings. The van der Waals surface area contributed by atoms with Crippen LogP contribution in [0.2, 0.25) is 0 Å². The fourth-order valence-corrected chi connectivity index (χ4v) is 5.99. The molecule has 1 aromatic carbocycles. The molecule has 1 atom stereocenters. The molecule has 1 fully saturated rings. The lowest BCUT2D eigenvalue weighted by molar-refractivity contribution is 0.0599. The number of sulfone groups is 1. The lowest BCUT2D eigenvalue weighted by atomic mass is 10.1. The SMILES string of the molecule is COC(=O)c1ccc(C(=O)N2CC[C@@H](c3cccs3)S(=O)(=O)CC2)cc1. The predicted octanol–water partition coefficient (Wildman–Crippen LogP) is 2.54. The summed E-state index contributed by atoms with van der Waals surface area (Å²) in [7, 11) is -2.00. The van der Waals surface area contributed by atoms with E-state index in [2.05, 4.69) is 4.74 Å². The van der Waals surface area contributed by atoms with Gasteiger partial charge in [0.05, 0.1) is 23.7 Å². The van der Waals surface area contributed by atoms with Gasteiger partial charge >= 0.3 is 5.97 Å². The van der Waals surface area contributed by atoms with Crippen molar-refractivity contribution < 1.29 is 22.7 Å². The highest BCUT2D eigenvalue weighted by Crippen LogP contribution is 2.32. The van der Waals surface area contributed by atoms with Crippen LogP contribution in [0, 0.1) is 0 Å². The lowest BCUT2D eigenvalue weighted by Crippen LogP contribution is -2.33. The molecule has 0 bridgehead atoms. The zero-order valence-corrected chi connectivity index (χ0v) is 15.9. The van der Waals surface area contributed by atoms with Crippen LogP contribution >= 0.6 is 11.3 Å². The molecule has 0 radical (unpaired) electrons. The van der Waals surface area contributed by atoms with Crippen molar-refractivity contribution in [1.29, 1.82) is 0 Å². The minimum absolute atomic E-state index is 0.0540. The van der Waals surface area contributed by atoms with Gasteiger partial charge in [-0.2, -0.15) is 0 Å². The van der Waals surface area contributed by atoms with Gasteiger partial charge < -0.3 is 9.64 Å². The van der Waals surface area contributed by atoms with Gasteiger partial charge in [0.15, 0.2) is 9.84 Å². The molecule has 2 heterocycles. The summed E-state index contributed by atoms with van der Waals surface area (Å²) in [6.45, 7) is 0.543. The van der Waals surface area contributed by atoms with Crippen LogP contribution in [-0.2, 0) is 14.6 Å². The minimum Gasteiger partial charge on any atom is -0.465 e. The van der Waals surface area contributed by atoms with E-state index in [1.807, 2.05) is 17.5 Å². The molecule has 0 spiro atoms. The number of methoxy groups -OCH3 is 1. The van der Waals surface area contributed by atoms with E-state index in [0.717, 1.165) is 4.88 Å². The summed E-state index contributed by atoms with van der Waals surface area (Å²) in [6, 6.07) is 9.85. The van der Waals surface area contributed by atoms with Crippen molar-refractivity contribution in [3.05, 3.63) is 57.8 Å². The monoisotopic (exact) mass is 393 g/mol. The number of carbonyl (C=O) groups is 2. The van der Waals surface area contributed by atoms with E-state index < -0.39 is 21.1 Å². The zero-order valence-electron chi connectivity index (χ0n) is 14.3. The molecule has 1 aromatic heterocycles. The van der Waals surface area contributed by atoms with Gasteiger partial charge in [0.2, 0.25) is 0 Å². The summed E-state index contributed by atoms with van der Waals surface area (Å²) in [5, 5.41) is 1.31. The van der Waals surface area contributed by atoms with Crippen molar-refractivity contribution in [1.82, 2.24) is 4.90 Å². The van der Waals surface area contributed by atoms with Gasteiger partial charge in [0, 0.05) is 23.5 Å². The fourth-order valence-electron chi connectivity index (χ4n) is 2.99. The van der Waals surface area contributed by atoms with Crippen molar-refractivity contribution in [3.8, 4) is 0 Å². The van der Waals surface area contributed by atoms with Crippen molar-refractivity contribution >= 4 is 33.1 Å². The number of thiophene rings is 1. The third kappa shape index (κ3) is 3.81. The molecule has 1 amide bonds. The van der Waals surface area contributed by atoms with E-state index in [9.17, 15) is 18.0 Å². The van der Waals surface area contributed by atoms with E-state index in [1.54, 1.807) is 17.0 Å². The van der Waals surface area contributed by atoms with Crippen LogP contribution in [0.1, 0.15) is 37.3 Å². The Morgan fingerprint density at radius 1 is 1.12 bits per heavy atom. The first-order valence-electron chi connectivity index (χ1n) is 8.15. The number of hydrogen-bond acceptors (Lipinski definition) is 6. The second-order valence-corrected chi connectivity index (χ2v) is 9.30. The molecule has 138 valence electrons. The average Bonchev–Trinajstić information content (AvgIpc) is 3.12. The van der Waals surface area contributed by atoms with Crippen LogP contribution in [0.3, 0.4) is 0 Å². The van der Waals surface area contributed by atoms with E-state index in [1.165, 1.54) is 30.6 Å². The van der Waals surface area contributed by atoms with E-state index in [-0.39, 0.29) is 18.2 Å². The van der Waals surface area contributed by atoms with Gasteiger partial charge in [-0.25, -0.2) is 13.2 Å². The fraction of sp³-hybridized carbons (Fsp3) is 0.333. The van der Waals surface area contributed by atoms with E-state index in [0.29, 0.717) is 24.1 Å². The summed E-state index contributed by atoms with van der Waals surface area (Å²) < 4.78 is 29.8. The molecular weight excluding hydrogens is 374 g/mol. The number of esters is 1. The third-order valence-electron chi connectivity index (χ3n) is 4.44. The molecule has 1 saturated heterocycles. The predicted molar refractivity (Wildman–Crippen MR) is 99.1 cm³/mol. The molecule has 3 rings (SSSR count). The largest absolute Gasteiger partial charge is 0.465 e. The number of rotatable bonds is 3. The average molecular weight is 393 g/mol. The minimum atomic E-state index is -3.30. The number of amides is 1. The Labute approximate surface area is 156 Å². The summed E-state index contributed by atoms with van der Waals surface area (Å²) in [5.74, 6) is -0.756. The second-order valence-electron chi connectivity index (χ2n) is 6.02. The number of ether oxygens (including phenoxy) is 1. The first-order valence-corrected chi connectivity index (χ1v) is 10.7. The Hall–Kier alpha value is -2.19. The topological polar surface area (TPSA) is 80.8 Å². The van der Waals surface area contributed by atoms with Crippen molar-refractivity contribution in [3.63, 3.8) is 0 Å². The van der Waals surface area contributed by atoms with Crippen LogP contribution in [0.5, 0.6) is 0 Å². The molecular formula is C18H19NO5S2. The number of benzene rings is 1. The highest BCUT2D eigenvalue weighted by Gasteiger charge is 2.33. The molecule has 1 aliphatic heterocycles. The van der Waals surface area contributed by atoms with Gasteiger partial charge in [-0.15, -0.1) is 11.3 Å². The van der Waals surface area contributed by atoms with Crippen LogP contribution in [0.4, 0.5) is 0 Å². The standard InChI is InChI=1S/C18H19NO5S2/c1-24-18(21)14-6-4-13(5-7-14)17(20)19-9-8-16(15-3-2-11-25-15)26(22,23)12-10-19/h2-7,11,16H,8-10,12H2,1H3/t16-/m0/s1. The van der Waals surface area contributed by atoms with Crippen molar-refractivity contribution in [2.75, 3.05) is 26.0 Å². The van der Waals surface area contributed by atoms with Gasteiger partial charge in [-0.3, -0.25) is 4.79 Å². The molecule has 0 N–H and O–H groups in total. The molecule has 0 saturated carbocycles. The normalized spacial score (nSPS) is 19.6. The Morgan fingerprint density at radius 2 is 1.81 bits per heavy atom. The van der Waals surface area contributed by atoms with Crippen LogP contribution in [-0.4, -0.2) is 51.1 Å². The van der Waals surface area contributed by atoms with Crippen molar-refractivity contribution in [2.24, 2.45) is 0 Å². The molecule has 0 unspecified atom stereocenters. The number of carbonyl (C=O) groups excluding carboxylic acids is 2. The Balaban J connectivity index is 1.76. The summed E-state index contributed by atoms with van der Waals surface area (Å²) in [6.07, 6.45) is 0.384. The third-order valence-corrected chi connectivity index (χ3v) is 7.68. The van der Waals surface area contributed by atoms with Crippen molar-refractivity contribution in [2.45, 2.75) is 11.7 Å². The number of hydrogen-bond donors (Lipinski definition) is 0. The lowest BCUT2D eigenvalue weighted by Gasteiger charge is -2.20. The van der Waals surface area contributed by atoms with E-state index in [4.69, 9.17) is 0 Å². The summed E-state index contributed by atoms with van der Waals surface area (Å²) in [5.41, 5.74) is 0.782. The highest BCUT2D eigenvalue weighted by atomic mass is 32.2. The first kappa shape index (κ1) is 18.6. The maximum atomic E-state index is 12.7. The highest BCUT2D eigenvalue weighted by molar-refractivity contribution is 7.91. The quantitative estimate of drug-likeness (QED) is 0.749. The maximum Gasteiger partial charge on any atom is 0.337 e. The van der Waals surface area contributed by atoms with Crippen LogP contribution in [0.15, 0.2) is 41.8 Å². The van der Waals surface area contributed by atoms with Crippen LogP contribution < -0.4 is 0 Å². The van der Waals surface area contributed by atoms with Gasteiger partial charge in [-0.1, -0.05) is 6.07 Å². The Morgan fingerprint density at radius 3 is 2.42 bits per heavy atom. The molecule has 8 heteroatoms. The first-order chi connectivity index (χ1) is 12.4. The van der Waals surface area contributed by atoms with E-state index >= 15 is 0 Å². The number of nitrogens with zero attached hydrogens (tertiary/aromatic N) is 1. The van der Waals surface area contributed by atoms with Crippen LogP contribution in [0.25, 0.3) is 0 Å². The van der Waals surface area contributed by atoms with Gasteiger partial charge in [-0.05, 0) is 42.1 Å². The molecule has 0 aliphatic carbocycles. The smallest absolute Gasteiger partial charge is 0.337 e. The summed E-state index contributed by atoms with van der Waals surface area (Å²) >= 11 is 1.43. The Kier molecular flexibility index (Phi) is 5.43. The Bertz CT molecular complexity index is 888.